The van der Waals surface area contributed by atoms with Crippen LogP contribution in [0.5, 0.6) is 0 Å². The fourth-order valence-electron chi connectivity index (χ4n) is 11.9. The topological polar surface area (TPSA) is 149 Å². The molecule has 0 aromatic carbocycles. The molecular weight excluding hydrogens is 971 g/mol. The Hall–Kier alpha value is -0.810. The predicted molar refractivity (Wildman–Crippen MR) is 332 cm³/mol. The van der Waals surface area contributed by atoms with Gasteiger partial charge in [-0.1, -0.05) is 361 Å². The lowest BCUT2D eigenvalue weighted by Crippen LogP contribution is -2.60. The summed E-state index contributed by atoms with van der Waals surface area (Å²) in [5.41, 5.74) is 0. The van der Waals surface area contributed by atoms with Crippen molar-refractivity contribution in [1.82, 2.24) is 5.32 Å². The Morgan fingerprint density at radius 3 is 0.910 bits per heavy atom. The van der Waals surface area contributed by atoms with Gasteiger partial charge >= 0.3 is 0 Å². The van der Waals surface area contributed by atoms with E-state index in [-0.39, 0.29) is 12.5 Å². The van der Waals surface area contributed by atoms with Crippen molar-refractivity contribution in [3.63, 3.8) is 0 Å². The standard InChI is InChI=1S/C69H137NO8/c1-3-5-7-9-11-13-15-17-19-21-22-23-24-25-26-27-28-29-30-31-32-33-34-35-36-37-38-39-40-41-43-45-47-49-51-53-55-57-59-65(73)70-62(61-77-69-68(76)67(75)66(74)64(60-71)78-69)63(72)58-56-54-52-50-48-46-44-42-20-18-16-14-12-10-8-6-4-2/h62-64,66-69,71-72,74-76H,3-61H2,1-2H3,(H,70,73). The lowest BCUT2D eigenvalue weighted by Gasteiger charge is -2.40. The Kier molecular flexibility index (Phi) is 57.2. The second-order valence-electron chi connectivity index (χ2n) is 25.0. The highest BCUT2D eigenvalue weighted by Gasteiger charge is 2.44. The number of hydrogen-bond donors (Lipinski definition) is 6. The zero-order chi connectivity index (χ0) is 56.5. The monoisotopic (exact) mass is 1110 g/mol. The number of aliphatic hydroxyl groups is 5. The lowest BCUT2D eigenvalue weighted by molar-refractivity contribution is -0.302. The summed E-state index contributed by atoms with van der Waals surface area (Å²) in [5.74, 6) is -0.134. The van der Waals surface area contributed by atoms with Gasteiger partial charge < -0.3 is 40.3 Å². The molecule has 0 aromatic rings. The summed E-state index contributed by atoms with van der Waals surface area (Å²) in [6.07, 6.45) is 67.7. The summed E-state index contributed by atoms with van der Waals surface area (Å²) in [5, 5.41) is 54.8. The first kappa shape index (κ1) is 75.2. The largest absolute Gasteiger partial charge is 0.394 e. The van der Waals surface area contributed by atoms with Crippen LogP contribution in [0.3, 0.4) is 0 Å². The number of aliphatic hydroxyl groups excluding tert-OH is 5. The minimum atomic E-state index is -1.55. The van der Waals surface area contributed by atoms with E-state index in [9.17, 15) is 30.3 Å². The fraction of sp³-hybridized carbons (Fsp3) is 0.986. The van der Waals surface area contributed by atoms with E-state index in [4.69, 9.17) is 9.47 Å². The highest BCUT2D eigenvalue weighted by Crippen LogP contribution is 2.24. The zero-order valence-corrected chi connectivity index (χ0v) is 52.2. The maximum absolute atomic E-state index is 13.1. The molecule has 6 N–H and O–H groups in total. The van der Waals surface area contributed by atoms with Crippen molar-refractivity contribution < 1.29 is 39.8 Å². The van der Waals surface area contributed by atoms with Crippen LogP contribution in [0.4, 0.5) is 0 Å². The first-order chi connectivity index (χ1) is 38.3. The molecule has 1 saturated heterocycles. The van der Waals surface area contributed by atoms with E-state index in [0.29, 0.717) is 12.8 Å². The molecule has 9 heteroatoms. The quantitative estimate of drug-likeness (QED) is 0.0330. The van der Waals surface area contributed by atoms with E-state index in [0.717, 1.165) is 38.5 Å². The highest BCUT2D eigenvalue weighted by atomic mass is 16.7. The molecule has 1 aliphatic rings. The van der Waals surface area contributed by atoms with Gasteiger partial charge in [-0.3, -0.25) is 4.79 Å². The van der Waals surface area contributed by atoms with Crippen molar-refractivity contribution >= 4 is 5.91 Å². The number of carbonyl (C=O) groups excluding carboxylic acids is 1. The Balaban J connectivity index is 2.02. The van der Waals surface area contributed by atoms with Gasteiger partial charge in [0.25, 0.3) is 0 Å². The highest BCUT2D eigenvalue weighted by molar-refractivity contribution is 5.76. The molecule has 0 aromatic heterocycles. The summed E-state index contributed by atoms with van der Waals surface area (Å²) in [6, 6.07) is -0.714. The molecule has 0 aliphatic carbocycles. The summed E-state index contributed by atoms with van der Waals surface area (Å²) in [7, 11) is 0. The molecule has 7 atom stereocenters. The van der Waals surface area contributed by atoms with Gasteiger partial charge in [0.15, 0.2) is 6.29 Å². The average Bonchev–Trinajstić information content (AvgIpc) is 3.45. The number of rotatable bonds is 63. The Morgan fingerprint density at radius 1 is 0.385 bits per heavy atom. The molecule has 0 radical (unpaired) electrons. The Labute approximate surface area is 484 Å². The average molecular weight is 1110 g/mol. The fourth-order valence-corrected chi connectivity index (χ4v) is 11.9. The molecule has 0 spiro atoms. The van der Waals surface area contributed by atoms with Crippen molar-refractivity contribution in [2.75, 3.05) is 13.2 Å². The minimum absolute atomic E-state index is 0.131. The summed E-state index contributed by atoms with van der Waals surface area (Å²) >= 11 is 0. The molecule has 1 fully saturated rings. The van der Waals surface area contributed by atoms with Gasteiger partial charge in [-0.05, 0) is 12.8 Å². The Morgan fingerprint density at radius 2 is 0.641 bits per heavy atom. The van der Waals surface area contributed by atoms with Crippen LogP contribution in [0.2, 0.25) is 0 Å². The van der Waals surface area contributed by atoms with E-state index in [1.807, 2.05) is 0 Å². The maximum atomic E-state index is 13.1. The van der Waals surface area contributed by atoms with Gasteiger partial charge in [-0.2, -0.15) is 0 Å². The lowest BCUT2D eigenvalue weighted by atomic mass is 9.99. The van der Waals surface area contributed by atoms with Crippen molar-refractivity contribution in [3.8, 4) is 0 Å². The SMILES string of the molecule is CCCCCCCCCCCCCCCCCCCCCCCCCCCCCCCCCCCCCCCCC(=O)NC(COC1OC(CO)C(O)C(O)C1O)C(O)CCCCCCCCCCCCCCCCCCC. The Bertz CT molecular complexity index is 1190. The number of unbranched alkanes of at least 4 members (excludes halogenated alkanes) is 53. The number of amides is 1. The van der Waals surface area contributed by atoms with Crippen LogP contribution in [0, 0.1) is 0 Å². The number of ether oxygens (including phenoxy) is 2. The molecule has 1 aliphatic heterocycles. The molecule has 9 nitrogen and oxygen atoms in total. The molecule has 1 amide bonds. The van der Waals surface area contributed by atoms with Gasteiger partial charge in [-0.25, -0.2) is 0 Å². The van der Waals surface area contributed by atoms with Crippen LogP contribution in [0.1, 0.15) is 380 Å². The van der Waals surface area contributed by atoms with Gasteiger partial charge in [0, 0.05) is 6.42 Å². The molecule has 466 valence electrons. The van der Waals surface area contributed by atoms with Gasteiger partial charge in [-0.15, -0.1) is 0 Å². The first-order valence-corrected chi connectivity index (χ1v) is 35.2. The number of hydrogen-bond acceptors (Lipinski definition) is 8. The van der Waals surface area contributed by atoms with Gasteiger partial charge in [0.2, 0.25) is 5.91 Å². The van der Waals surface area contributed by atoms with Crippen LogP contribution in [0.25, 0.3) is 0 Å². The van der Waals surface area contributed by atoms with E-state index in [2.05, 4.69) is 19.2 Å². The zero-order valence-electron chi connectivity index (χ0n) is 52.2. The molecule has 1 rings (SSSR count). The van der Waals surface area contributed by atoms with Gasteiger partial charge in [0.05, 0.1) is 25.4 Å². The van der Waals surface area contributed by atoms with Crippen LogP contribution in [-0.2, 0) is 14.3 Å². The molecule has 1 heterocycles. The van der Waals surface area contributed by atoms with E-state index in [1.165, 1.54) is 315 Å². The molecule has 78 heavy (non-hydrogen) atoms. The number of carbonyl (C=O) groups is 1. The maximum Gasteiger partial charge on any atom is 0.220 e. The smallest absolute Gasteiger partial charge is 0.220 e. The molecule has 7 unspecified atom stereocenters. The molecule has 0 saturated carbocycles. The minimum Gasteiger partial charge on any atom is -0.394 e. The van der Waals surface area contributed by atoms with Crippen LogP contribution in [0.15, 0.2) is 0 Å². The molecular formula is C69H137NO8. The third-order valence-electron chi connectivity index (χ3n) is 17.5. The van der Waals surface area contributed by atoms with E-state index in [1.54, 1.807) is 0 Å². The molecule has 0 bridgehead atoms. The first-order valence-electron chi connectivity index (χ1n) is 35.2. The van der Waals surface area contributed by atoms with Crippen LogP contribution >= 0.6 is 0 Å². The van der Waals surface area contributed by atoms with Crippen LogP contribution in [-0.4, -0.2) is 87.5 Å². The third kappa shape index (κ3) is 47.7. The summed E-state index contributed by atoms with van der Waals surface area (Å²) in [6.45, 7) is 3.90. The van der Waals surface area contributed by atoms with Crippen molar-refractivity contribution in [3.05, 3.63) is 0 Å². The van der Waals surface area contributed by atoms with Crippen LogP contribution < -0.4 is 5.32 Å². The van der Waals surface area contributed by atoms with Crippen molar-refractivity contribution in [2.24, 2.45) is 0 Å². The third-order valence-corrected chi connectivity index (χ3v) is 17.5. The van der Waals surface area contributed by atoms with Crippen molar-refractivity contribution in [2.45, 2.75) is 423 Å². The van der Waals surface area contributed by atoms with E-state index < -0.39 is 49.5 Å². The normalized spacial score (nSPS) is 18.5. The van der Waals surface area contributed by atoms with Crippen molar-refractivity contribution in [1.29, 1.82) is 0 Å². The second-order valence-corrected chi connectivity index (χ2v) is 25.0. The van der Waals surface area contributed by atoms with Gasteiger partial charge in [0.1, 0.15) is 24.4 Å². The summed E-state index contributed by atoms with van der Waals surface area (Å²) < 4.78 is 11.4. The van der Waals surface area contributed by atoms with E-state index >= 15 is 0 Å². The summed E-state index contributed by atoms with van der Waals surface area (Å²) in [4.78, 5) is 13.1. The number of nitrogens with one attached hydrogen (secondary N) is 1. The second kappa shape index (κ2) is 59.4. The predicted octanol–water partition coefficient (Wildman–Crippen LogP) is 18.9.